The van der Waals surface area contributed by atoms with E-state index in [-0.39, 0.29) is 11.9 Å². The van der Waals surface area contributed by atoms with Crippen LogP contribution in [-0.4, -0.2) is 42.7 Å². The summed E-state index contributed by atoms with van der Waals surface area (Å²) in [4.78, 5) is 16.2. The van der Waals surface area contributed by atoms with Gasteiger partial charge < -0.3 is 9.73 Å². The molecule has 0 saturated heterocycles. The molecule has 0 aromatic carbocycles. The lowest BCUT2D eigenvalue weighted by molar-refractivity contribution is -0.121. The van der Waals surface area contributed by atoms with Crippen molar-refractivity contribution >= 4 is 17.7 Å². The molecule has 1 aliphatic rings. The predicted octanol–water partition coefficient (Wildman–Crippen LogP) is 3.42. The van der Waals surface area contributed by atoms with Crippen LogP contribution in [0.5, 0.6) is 0 Å². The topological polar surface area (TPSA) is 98.7 Å². The van der Waals surface area contributed by atoms with Crippen LogP contribution in [0.3, 0.4) is 0 Å². The summed E-state index contributed by atoms with van der Waals surface area (Å²) < 4.78 is 7.69. The number of carbonyl (C=O) groups is 1. The van der Waals surface area contributed by atoms with Crippen LogP contribution in [0.15, 0.2) is 46.6 Å². The lowest BCUT2D eigenvalue weighted by Crippen LogP contribution is -2.38. The third kappa shape index (κ3) is 5.23. The summed E-state index contributed by atoms with van der Waals surface area (Å²) in [5, 5.41) is 16.1. The molecule has 9 heteroatoms. The summed E-state index contributed by atoms with van der Waals surface area (Å²) in [6, 6.07) is 4.33. The van der Waals surface area contributed by atoms with Gasteiger partial charge in [0.25, 0.3) is 5.22 Å². The fourth-order valence-electron chi connectivity index (χ4n) is 3.53. The molecular weight excluding hydrogens is 388 g/mol. The Labute approximate surface area is 173 Å². The highest BCUT2D eigenvalue weighted by Gasteiger charge is 2.23. The zero-order valence-electron chi connectivity index (χ0n) is 16.3. The van der Waals surface area contributed by atoms with Gasteiger partial charge in [0.05, 0.1) is 12.2 Å². The third-order valence-electron chi connectivity index (χ3n) is 5.05. The normalized spacial score (nSPS) is 19.2. The van der Waals surface area contributed by atoms with Gasteiger partial charge >= 0.3 is 0 Å². The van der Waals surface area contributed by atoms with Crippen molar-refractivity contribution < 1.29 is 9.21 Å². The Morgan fingerprint density at radius 1 is 1.24 bits per heavy atom. The van der Waals surface area contributed by atoms with E-state index < -0.39 is 0 Å². The molecule has 3 heterocycles. The van der Waals surface area contributed by atoms with Gasteiger partial charge in [-0.3, -0.25) is 14.5 Å². The monoisotopic (exact) mass is 412 g/mol. The Morgan fingerprint density at radius 3 is 2.76 bits per heavy atom. The van der Waals surface area contributed by atoms with E-state index >= 15 is 0 Å². The second-order valence-electron chi connectivity index (χ2n) is 7.28. The maximum absolute atomic E-state index is 12.3. The van der Waals surface area contributed by atoms with Crippen molar-refractivity contribution in [2.24, 2.45) is 0 Å². The number of hydrogen-bond donors (Lipinski definition) is 1. The Balaban J connectivity index is 1.17. The zero-order valence-corrected chi connectivity index (χ0v) is 17.1. The van der Waals surface area contributed by atoms with Crippen LogP contribution in [0.2, 0.25) is 0 Å². The summed E-state index contributed by atoms with van der Waals surface area (Å²) >= 11 is 1.40. The molecule has 0 unspecified atom stereocenters. The number of pyridine rings is 1. The van der Waals surface area contributed by atoms with Crippen molar-refractivity contribution in [3.63, 3.8) is 0 Å². The first-order valence-electron chi connectivity index (χ1n) is 9.84. The smallest absolute Gasteiger partial charge is 0.276 e. The van der Waals surface area contributed by atoms with E-state index in [1.54, 1.807) is 12.4 Å². The highest BCUT2D eigenvalue weighted by Crippen LogP contribution is 2.28. The largest absolute Gasteiger partial charge is 0.411 e. The van der Waals surface area contributed by atoms with Crippen LogP contribution in [-0.2, 0) is 4.79 Å². The van der Waals surface area contributed by atoms with E-state index in [1.807, 2.05) is 18.3 Å². The number of aryl methyl sites for hydroxylation is 1. The maximum Gasteiger partial charge on any atom is 0.276 e. The first kappa shape index (κ1) is 19.6. The standard InChI is InChI=1S/C20H24N6O2S/c1-14-12-22-26(13-14)17-4-2-16(3-5-17)23-18(27)8-11-29-20-25-24-19(28-20)15-6-9-21-10-7-15/h6-7,9-10,12-13,16-17H,2-5,8,11H2,1H3,(H,23,27). The quantitative estimate of drug-likeness (QED) is 0.594. The summed E-state index contributed by atoms with van der Waals surface area (Å²) in [7, 11) is 0. The van der Waals surface area contributed by atoms with Gasteiger partial charge in [-0.2, -0.15) is 5.10 Å². The molecule has 1 N–H and O–H groups in total. The molecule has 3 aromatic heterocycles. The van der Waals surface area contributed by atoms with Crippen LogP contribution < -0.4 is 5.32 Å². The second kappa shape index (κ2) is 9.21. The van der Waals surface area contributed by atoms with E-state index in [0.717, 1.165) is 31.2 Å². The van der Waals surface area contributed by atoms with Crippen molar-refractivity contribution in [3.05, 3.63) is 42.5 Å². The minimum absolute atomic E-state index is 0.0738. The van der Waals surface area contributed by atoms with Crippen LogP contribution >= 0.6 is 11.8 Å². The lowest BCUT2D eigenvalue weighted by Gasteiger charge is -2.29. The van der Waals surface area contributed by atoms with Crippen molar-refractivity contribution in [1.29, 1.82) is 0 Å². The molecule has 152 valence electrons. The van der Waals surface area contributed by atoms with Crippen molar-refractivity contribution in [2.75, 3.05) is 5.75 Å². The van der Waals surface area contributed by atoms with Gasteiger partial charge in [0.1, 0.15) is 0 Å². The van der Waals surface area contributed by atoms with Crippen LogP contribution in [0.4, 0.5) is 0 Å². The third-order valence-corrected chi connectivity index (χ3v) is 5.88. The van der Waals surface area contributed by atoms with Crippen LogP contribution in [0.1, 0.15) is 43.7 Å². The maximum atomic E-state index is 12.3. The summed E-state index contributed by atoms with van der Waals surface area (Å²) in [5.41, 5.74) is 2.02. The fraction of sp³-hybridized carbons (Fsp3) is 0.450. The number of hydrogen-bond acceptors (Lipinski definition) is 7. The molecule has 4 rings (SSSR count). The van der Waals surface area contributed by atoms with E-state index in [9.17, 15) is 4.79 Å². The van der Waals surface area contributed by atoms with Crippen molar-refractivity contribution in [1.82, 2.24) is 30.3 Å². The second-order valence-corrected chi connectivity index (χ2v) is 8.32. The van der Waals surface area contributed by atoms with Gasteiger partial charge in [0, 0.05) is 42.4 Å². The molecule has 1 fully saturated rings. The molecule has 3 aromatic rings. The molecule has 8 nitrogen and oxygen atoms in total. The van der Waals surface area contributed by atoms with E-state index in [1.165, 1.54) is 17.3 Å². The number of aromatic nitrogens is 5. The van der Waals surface area contributed by atoms with Gasteiger partial charge in [-0.05, 0) is 50.3 Å². The summed E-state index contributed by atoms with van der Waals surface area (Å²) in [6.07, 6.45) is 11.8. The molecule has 0 aliphatic heterocycles. The Kier molecular flexibility index (Phi) is 6.24. The van der Waals surface area contributed by atoms with E-state index in [0.29, 0.717) is 29.3 Å². The average Bonchev–Trinajstić information content (AvgIpc) is 3.39. The predicted molar refractivity (Wildman–Crippen MR) is 109 cm³/mol. The molecular formula is C20H24N6O2S. The van der Waals surface area contributed by atoms with Crippen LogP contribution in [0, 0.1) is 6.92 Å². The van der Waals surface area contributed by atoms with Crippen LogP contribution in [0.25, 0.3) is 11.5 Å². The van der Waals surface area contributed by atoms with E-state index in [2.05, 4.69) is 43.4 Å². The number of rotatable bonds is 7. The van der Waals surface area contributed by atoms with Gasteiger partial charge in [-0.15, -0.1) is 10.2 Å². The molecule has 29 heavy (non-hydrogen) atoms. The molecule has 1 aliphatic carbocycles. The number of nitrogens with zero attached hydrogens (tertiary/aromatic N) is 5. The van der Waals surface area contributed by atoms with Crippen molar-refractivity contribution in [3.8, 4) is 11.5 Å². The van der Waals surface area contributed by atoms with E-state index in [4.69, 9.17) is 4.42 Å². The van der Waals surface area contributed by atoms with Gasteiger partial charge in [0.2, 0.25) is 11.8 Å². The average molecular weight is 413 g/mol. The van der Waals surface area contributed by atoms with Gasteiger partial charge in [0.15, 0.2) is 0 Å². The summed E-state index contributed by atoms with van der Waals surface area (Å²) in [5.74, 6) is 1.14. The number of thioether (sulfide) groups is 1. The Morgan fingerprint density at radius 2 is 2.03 bits per heavy atom. The number of amides is 1. The number of nitrogens with one attached hydrogen (secondary N) is 1. The SMILES string of the molecule is Cc1cnn(C2CCC(NC(=O)CCSc3nnc(-c4ccncc4)o3)CC2)c1. The highest BCUT2D eigenvalue weighted by molar-refractivity contribution is 7.99. The number of carbonyl (C=O) groups excluding carboxylic acids is 1. The van der Waals surface area contributed by atoms with Gasteiger partial charge in [-0.1, -0.05) is 11.8 Å². The minimum atomic E-state index is 0.0738. The molecule has 1 amide bonds. The Bertz CT molecular complexity index is 933. The lowest BCUT2D eigenvalue weighted by atomic mass is 9.91. The molecule has 0 bridgehead atoms. The highest BCUT2D eigenvalue weighted by atomic mass is 32.2. The first-order chi connectivity index (χ1) is 14.2. The molecule has 1 saturated carbocycles. The molecule has 0 atom stereocenters. The zero-order chi connectivity index (χ0) is 20.1. The minimum Gasteiger partial charge on any atom is -0.411 e. The molecule has 0 radical (unpaired) electrons. The van der Waals surface area contributed by atoms with Gasteiger partial charge in [-0.25, -0.2) is 0 Å². The van der Waals surface area contributed by atoms with Crippen molar-refractivity contribution in [2.45, 2.75) is 56.3 Å². The first-order valence-corrected chi connectivity index (χ1v) is 10.8. The summed E-state index contributed by atoms with van der Waals surface area (Å²) in [6.45, 7) is 2.06. The Hall–Kier alpha value is -2.68. The molecule has 0 spiro atoms. The fourth-order valence-corrected chi connectivity index (χ4v) is 4.23.